The second-order valence-electron chi connectivity index (χ2n) is 10.0. The molecule has 2 heterocycles. The fourth-order valence-corrected chi connectivity index (χ4v) is 5.15. The summed E-state index contributed by atoms with van der Waals surface area (Å²) in [6.07, 6.45) is 0.723. The molecule has 0 aromatic heterocycles. The molecular formula is C28H35N3O5. The van der Waals surface area contributed by atoms with Crippen molar-refractivity contribution in [3.05, 3.63) is 53.6 Å². The Kier molecular flexibility index (Phi) is 7.36. The van der Waals surface area contributed by atoms with Crippen molar-refractivity contribution in [3.8, 4) is 5.75 Å². The molecule has 4 amide bonds. The van der Waals surface area contributed by atoms with Crippen LogP contribution in [-0.4, -0.2) is 55.2 Å². The first-order valence-corrected chi connectivity index (χ1v) is 12.5. The number of hydrogen-bond acceptors (Lipinski definition) is 5. The van der Waals surface area contributed by atoms with E-state index in [1.165, 1.54) is 4.90 Å². The Labute approximate surface area is 212 Å². The molecule has 0 radical (unpaired) electrons. The van der Waals surface area contributed by atoms with Crippen LogP contribution >= 0.6 is 0 Å². The van der Waals surface area contributed by atoms with Crippen LogP contribution in [-0.2, 0) is 14.3 Å². The molecule has 2 fully saturated rings. The number of carbonyl (C=O) groups is 3. The number of carbonyl (C=O) groups excluding carboxylic acids is 3. The predicted molar refractivity (Wildman–Crippen MR) is 139 cm³/mol. The summed E-state index contributed by atoms with van der Waals surface area (Å²) in [6.45, 7) is 8.66. The van der Waals surface area contributed by atoms with Crippen LogP contribution in [0.4, 0.5) is 16.2 Å². The lowest BCUT2D eigenvalue weighted by molar-refractivity contribution is -0.136. The standard InChI is InChI=1S/C28H35N3O5/c1-18(2)22-10-7-11-23(19(3)4)25(22)29-24(32)17-30-26(33)28(12-14-36-15-13-28)31(27(30)34)20-8-6-9-21(16-20)35-5/h6-11,16,18-19H,12-15,17H2,1-5H3,(H,29,32). The first kappa shape index (κ1) is 25.7. The van der Waals surface area contributed by atoms with Crippen LogP contribution in [0, 0.1) is 0 Å². The smallest absolute Gasteiger partial charge is 0.332 e. The zero-order valence-corrected chi connectivity index (χ0v) is 21.7. The SMILES string of the molecule is COc1cccc(N2C(=O)N(CC(=O)Nc3c(C(C)C)cccc3C(C)C)C(=O)C23CCOCC3)c1. The first-order chi connectivity index (χ1) is 17.2. The predicted octanol–water partition coefficient (Wildman–Crippen LogP) is 4.90. The summed E-state index contributed by atoms with van der Waals surface area (Å²) >= 11 is 0. The summed E-state index contributed by atoms with van der Waals surface area (Å²) in [7, 11) is 1.55. The highest BCUT2D eigenvalue weighted by molar-refractivity contribution is 6.18. The number of ether oxygens (including phenoxy) is 2. The first-order valence-electron chi connectivity index (χ1n) is 12.5. The summed E-state index contributed by atoms with van der Waals surface area (Å²) in [5.41, 5.74) is 2.28. The number of para-hydroxylation sites is 1. The Hall–Kier alpha value is -3.39. The van der Waals surface area contributed by atoms with Crippen LogP contribution in [0.15, 0.2) is 42.5 Å². The Bertz CT molecular complexity index is 1130. The number of anilines is 2. The van der Waals surface area contributed by atoms with Crippen molar-refractivity contribution in [2.24, 2.45) is 0 Å². The minimum Gasteiger partial charge on any atom is -0.497 e. The van der Waals surface area contributed by atoms with Gasteiger partial charge in [-0.25, -0.2) is 4.79 Å². The molecule has 4 rings (SSSR count). The molecule has 2 aliphatic heterocycles. The Morgan fingerprint density at radius 1 is 1.03 bits per heavy atom. The van der Waals surface area contributed by atoms with Gasteiger partial charge in [0, 0.05) is 37.8 Å². The van der Waals surface area contributed by atoms with Gasteiger partial charge in [-0.3, -0.25) is 19.4 Å². The van der Waals surface area contributed by atoms with Gasteiger partial charge in [0.1, 0.15) is 17.8 Å². The fraction of sp³-hybridized carbons (Fsp3) is 0.464. The minimum atomic E-state index is -1.08. The third-order valence-corrected chi connectivity index (χ3v) is 7.06. The second-order valence-corrected chi connectivity index (χ2v) is 10.0. The Balaban J connectivity index is 1.65. The molecule has 0 saturated carbocycles. The van der Waals surface area contributed by atoms with Gasteiger partial charge in [0.15, 0.2) is 0 Å². The van der Waals surface area contributed by atoms with E-state index in [-0.39, 0.29) is 24.3 Å². The van der Waals surface area contributed by atoms with Gasteiger partial charge >= 0.3 is 6.03 Å². The van der Waals surface area contributed by atoms with E-state index in [0.29, 0.717) is 37.5 Å². The van der Waals surface area contributed by atoms with Crippen LogP contribution < -0.4 is 15.0 Å². The maximum absolute atomic E-state index is 13.8. The molecule has 1 N–H and O–H groups in total. The van der Waals surface area contributed by atoms with Crippen molar-refractivity contribution >= 4 is 29.2 Å². The second kappa shape index (κ2) is 10.3. The zero-order valence-electron chi connectivity index (χ0n) is 21.7. The van der Waals surface area contributed by atoms with E-state index in [9.17, 15) is 14.4 Å². The molecule has 2 aliphatic rings. The molecule has 0 unspecified atom stereocenters. The van der Waals surface area contributed by atoms with Crippen molar-refractivity contribution < 1.29 is 23.9 Å². The molecule has 192 valence electrons. The molecule has 2 aromatic carbocycles. The van der Waals surface area contributed by atoms with E-state index < -0.39 is 17.5 Å². The van der Waals surface area contributed by atoms with Crippen LogP contribution in [0.25, 0.3) is 0 Å². The molecule has 2 aromatic rings. The largest absolute Gasteiger partial charge is 0.497 e. The third-order valence-electron chi connectivity index (χ3n) is 7.06. The number of nitrogens with one attached hydrogen (secondary N) is 1. The number of rotatable bonds is 7. The number of nitrogens with zero attached hydrogens (tertiary/aromatic N) is 2. The maximum atomic E-state index is 13.8. The van der Waals surface area contributed by atoms with Crippen LogP contribution in [0.3, 0.4) is 0 Å². The van der Waals surface area contributed by atoms with Crippen LogP contribution in [0.2, 0.25) is 0 Å². The lowest BCUT2D eigenvalue weighted by Crippen LogP contribution is -2.53. The van der Waals surface area contributed by atoms with Crippen molar-refractivity contribution in [1.29, 1.82) is 0 Å². The average Bonchev–Trinajstić information content (AvgIpc) is 3.05. The van der Waals surface area contributed by atoms with Gasteiger partial charge in [-0.1, -0.05) is 52.0 Å². The van der Waals surface area contributed by atoms with E-state index in [1.807, 2.05) is 18.2 Å². The molecule has 0 atom stereocenters. The van der Waals surface area contributed by atoms with Gasteiger partial charge in [-0.05, 0) is 35.1 Å². The molecule has 2 saturated heterocycles. The van der Waals surface area contributed by atoms with Gasteiger partial charge in [-0.2, -0.15) is 0 Å². The quantitative estimate of drug-likeness (QED) is 0.555. The highest BCUT2D eigenvalue weighted by Crippen LogP contribution is 2.41. The summed E-state index contributed by atoms with van der Waals surface area (Å²) in [4.78, 5) is 43.4. The van der Waals surface area contributed by atoms with Gasteiger partial charge in [0.05, 0.1) is 12.8 Å². The number of hydrogen-bond donors (Lipinski definition) is 1. The molecular weight excluding hydrogens is 458 g/mol. The van der Waals surface area contributed by atoms with Crippen LogP contribution in [0.1, 0.15) is 63.5 Å². The monoisotopic (exact) mass is 493 g/mol. The minimum absolute atomic E-state index is 0.197. The normalized spacial score (nSPS) is 17.4. The maximum Gasteiger partial charge on any atom is 0.332 e. The van der Waals surface area contributed by atoms with Crippen molar-refractivity contribution in [2.45, 2.75) is 57.9 Å². The lowest BCUT2D eigenvalue weighted by atomic mass is 9.88. The highest BCUT2D eigenvalue weighted by Gasteiger charge is 2.58. The zero-order chi connectivity index (χ0) is 26.0. The molecule has 36 heavy (non-hydrogen) atoms. The van der Waals surface area contributed by atoms with Gasteiger partial charge < -0.3 is 14.8 Å². The van der Waals surface area contributed by atoms with E-state index in [4.69, 9.17) is 9.47 Å². The number of imide groups is 1. The van der Waals surface area contributed by atoms with Gasteiger partial charge in [-0.15, -0.1) is 0 Å². The summed E-state index contributed by atoms with van der Waals surface area (Å²) in [5, 5.41) is 3.03. The summed E-state index contributed by atoms with van der Waals surface area (Å²) in [5.74, 6) is 0.209. The lowest BCUT2D eigenvalue weighted by Gasteiger charge is -2.38. The Morgan fingerprint density at radius 3 is 2.22 bits per heavy atom. The van der Waals surface area contributed by atoms with Crippen molar-refractivity contribution in [3.63, 3.8) is 0 Å². The number of benzene rings is 2. The van der Waals surface area contributed by atoms with Gasteiger partial charge in [0.25, 0.3) is 5.91 Å². The molecule has 8 heteroatoms. The van der Waals surface area contributed by atoms with E-state index in [0.717, 1.165) is 21.7 Å². The van der Waals surface area contributed by atoms with Crippen molar-refractivity contribution in [2.75, 3.05) is 37.1 Å². The molecule has 0 bridgehead atoms. The summed E-state index contributed by atoms with van der Waals surface area (Å²) < 4.78 is 10.9. The number of amides is 4. The molecule has 1 spiro atoms. The highest BCUT2D eigenvalue weighted by atomic mass is 16.5. The summed E-state index contributed by atoms with van der Waals surface area (Å²) in [6, 6.07) is 12.6. The van der Waals surface area contributed by atoms with Crippen LogP contribution in [0.5, 0.6) is 5.75 Å². The molecule has 0 aliphatic carbocycles. The van der Waals surface area contributed by atoms with E-state index in [1.54, 1.807) is 31.4 Å². The average molecular weight is 494 g/mol. The van der Waals surface area contributed by atoms with Crippen molar-refractivity contribution in [1.82, 2.24) is 4.90 Å². The number of methoxy groups -OCH3 is 1. The topological polar surface area (TPSA) is 88.2 Å². The third kappa shape index (κ3) is 4.57. The fourth-order valence-electron chi connectivity index (χ4n) is 5.15. The Morgan fingerprint density at radius 2 is 1.64 bits per heavy atom. The van der Waals surface area contributed by atoms with Gasteiger partial charge in [0.2, 0.25) is 5.91 Å². The number of urea groups is 1. The van der Waals surface area contributed by atoms with E-state index >= 15 is 0 Å². The van der Waals surface area contributed by atoms with E-state index in [2.05, 4.69) is 33.0 Å². The molecule has 8 nitrogen and oxygen atoms in total.